The van der Waals surface area contributed by atoms with Gasteiger partial charge in [-0.05, 0) is 30.9 Å². The molecule has 0 aliphatic heterocycles. The lowest BCUT2D eigenvalue weighted by atomic mass is 10.1. The molecule has 6 heteroatoms. The van der Waals surface area contributed by atoms with Crippen LogP contribution in [0.4, 0.5) is 0 Å². The fourth-order valence-corrected chi connectivity index (χ4v) is 3.83. The van der Waals surface area contributed by atoms with Crippen molar-refractivity contribution in [3.05, 3.63) is 77.1 Å². The van der Waals surface area contributed by atoms with Crippen LogP contribution in [0.25, 0.3) is 0 Å². The van der Waals surface area contributed by atoms with E-state index in [1.165, 1.54) is 35.7 Å². The van der Waals surface area contributed by atoms with Gasteiger partial charge in [0, 0.05) is 12.5 Å². The van der Waals surface area contributed by atoms with Gasteiger partial charge in [0.2, 0.25) is 5.91 Å². The van der Waals surface area contributed by atoms with Crippen LogP contribution in [-0.4, -0.2) is 26.4 Å². The van der Waals surface area contributed by atoms with E-state index in [9.17, 15) is 4.79 Å². The number of hydrogen-bond donors (Lipinski definition) is 1. The highest BCUT2D eigenvalue weighted by atomic mass is 32.2. The van der Waals surface area contributed by atoms with Crippen molar-refractivity contribution in [1.82, 2.24) is 20.1 Å². The van der Waals surface area contributed by atoms with Gasteiger partial charge in [-0.2, -0.15) is 0 Å². The van der Waals surface area contributed by atoms with Gasteiger partial charge in [0.15, 0.2) is 5.16 Å². The number of aryl methyl sites for hydroxylation is 1. The topological polar surface area (TPSA) is 59.8 Å². The van der Waals surface area contributed by atoms with Gasteiger partial charge < -0.3 is 9.88 Å². The molecule has 1 heterocycles. The molecule has 5 nitrogen and oxygen atoms in total. The van der Waals surface area contributed by atoms with Crippen molar-refractivity contribution in [3.8, 4) is 0 Å². The SMILES string of the molecule is Cc1ccc(CNC(=O)CSc2nnc(C3CC3)n2Cc2ccccc2)cc1. The van der Waals surface area contributed by atoms with Crippen LogP contribution in [-0.2, 0) is 17.9 Å². The number of amides is 1. The van der Waals surface area contributed by atoms with Crippen molar-refractivity contribution in [2.45, 2.75) is 43.9 Å². The average Bonchev–Trinajstić information content (AvgIpc) is 3.48. The highest BCUT2D eigenvalue weighted by Gasteiger charge is 2.30. The molecular formula is C22H24N4OS. The zero-order valence-electron chi connectivity index (χ0n) is 16.0. The van der Waals surface area contributed by atoms with E-state index >= 15 is 0 Å². The predicted octanol–water partition coefficient (Wildman–Crippen LogP) is 3.92. The van der Waals surface area contributed by atoms with Crippen molar-refractivity contribution in [2.75, 3.05) is 5.75 Å². The van der Waals surface area contributed by atoms with Gasteiger partial charge in [0.25, 0.3) is 0 Å². The van der Waals surface area contributed by atoms with Crippen molar-refractivity contribution in [3.63, 3.8) is 0 Å². The summed E-state index contributed by atoms with van der Waals surface area (Å²) in [7, 11) is 0. The number of thioether (sulfide) groups is 1. The van der Waals surface area contributed by atoms with Crippen LogP contribution in [0, 0.1) is 6.92 Å². The summed E-state index contributed by atoms with van der Waals surface area (Å²) >= 11 is 1.46. The predicted molar refractivity (Wildman–Crippen MR) is 111 cm³/mol. The highest BCUT2D eigenvalue weighted by Crippen LogP contribution is 2.40. The first-order chi connectivity index (χ1) is 13.7. The summed E-state index contributed by atoms with van der Waals surface area (Å²) in [6.45, 7) is 3.34. The summed E-state index contributed by atoms with van der Waals surface area (Å²) < 4.78 is 2.17. The molecule has 0 radical (unpaired) electrons. The van der Waals surface area contributed by atoms with Gasteiger partial charge >= 0.3 is 0 Å². The fourth-order valence-electron chi connectivity index (χ4n) is 3.05. The molecule has 1 aliphatic rings. The zero-order chi connectivity index (χ0) is 19.3. The fraction of sp³-hybridized carbons (Fsp3) is 0.318. The third-order valence-electron chi connectivity index (χ3n) is 4.81. The first kappa shape index (κ1) is 18.7. The lowest BCUT2D eigenvalue weighted by Crippen LogP contribution is -2.24. The first-order valence-corrected chi connectivity index (χ1v) is 10.6. The Morgan fingerprint density at radius 2 is 1.82 bits per heavy atom. The molecule has 1 aliphatic carbocycles. The molecule has 0 bridgehead atoms. The van der Waals surface area contributed by atoms with Crippen molar-refractivity contribution in [2.24, 2.45) is 0 Å². The van der Waals surface area contributed by atoms with Gasteiger partial charge in [-0.25, -0.2) is 0 Å². The number of carbonyl (C=O) groups excluding carboxylic acids is 1. The molecule has 144 valence electrons. The lowest BCUT2D eigenvalue weighted by molar-refractivity contribution is -0.118. The summed E-state index contributed by atoms with van der Waals surface area (Å²) in [5.74, 6) is 1.91. The van der Waals surface area contributed by atoms with E-state index in [2.05, 4.69) is 51.3 Å². The van der Waals surface area contributed by atoms with Gasteiger partial charge in [-0.15, -0.1) is 10.2 Å². The Morgan fingerprint density at radius 3 is 2.54 bits per heavy atom. The second-order valence-corrected chi connectivity index (χ2v) is 8.18. The minimum atomic E-state index is 0.00723. The number of nitrogens with zero attached hydrogens (tertiary/aromatic N) is 3. The van der Waals surface area contributed by atoms with Crippen LogP contribution >= 0.6 is 11.8 Å². The van der Waals surface area contributed by atoms with Crippen LogP contribution in [0.3, 0.4) is 0 Å². The molecule has 1 aromatic heterocycles. The van der Waals surface area contributed by atoms with E-state index in [4.69, 9.17) is 0 Å². The Bertz CT molecular complexity index is 933. The van der Waals surface area contributed by atoms with E-state index in [0.29, 0.717) is 18.2 Å². The van der Waals surface area contributed by atoms with Gasteiger partial charge in [-0.1, -0.05) is 71.9 Å². The molecule has 0 atom stereocenters. The number of aromatic nitrogens is 3. The Hall–Kier alpha value is -2.60. The molecule has 1 fully saturated rings. The molecule has 0 saturated heterocycles. The summed E-state index contributed by atoms with van der Waals surface area (Å²) in [5, 5.41) is 12.6. The third kappa shape index (κ3) is 4.81. The average molecular weight is 393 g/mol. The maximum atomic E-state index is 12.3. The minimum Gasteiger partial charge on any atom is -0.351 e. The standard InChI is InChI=1S/C22H24N4OS/c1-16-7-9-17(10-8-16)13-23-20(27)15-28-22-25-24-21(19-11-12-19)26(22)14-18-5-3-2-4-6-18/h2-10,19H,11-15H2,1H3,(H,23,27). The summed E-state index contributed by atoms with van der Waals surface area (Å²) in [4.78, 5) is 12.3. The van der Waals surface area contributed by atoms with E-state index in [1.807, 2.05) is 30.3 Å². The third-order valence-corrected chi connectivity index (χ3v) is 5.78. The number of rotatable bonds is 8. The lowest BCUT2D eigenvalue weighted by Gasteiger charge is -2.10. The minimum absolute atomic E-state index is 0.00723. The van der Waals surface area contributed by atoms with Crippen LogP contribution < -0.4 is 5.32 Å². The molecule has 1 N–H and O–H groups in total. The van der Waals surface area contributed by atoms with Crippen LogP contribution in [0.5, 0.6) is 0 Å². The molecule has 2 aromatic carbocycles. The quantitative estimate of drug-likeness (QED) is 0.590. The molecule has 1 saturated carbocycles. The van der Waals surface area contributed by atoms with Gasteiger partial charge in [0.1, 0.15) is 5.82 Å². The van der Waals surface area contributed by atoms with E-state index < -0.39 is 0 Å². The zero-order valence-corrected chi connectivity index (χ0v) is 16.8. The van der Waals surface area contributed by atoms with E-state index in [1.54, 1.807) is 0 Å². The molecule has 3 aromatic rings. The van der Waals surface area contributed by atoms with Crippen LogP contribution in [0.1, 0.15) is 41.3 Å². The molecule has 0 spiro atoms. The number of benzene rings is 2. The summed E-state index contributed by atoms with van der Waals surface area (Å²) in [6, 6.07) is 18.5. The van der Waals surface area contributed by atoms with Gasteiger partial charge in [0.05, 0.1) is 12.3 Å². The monoisotopic (exact) mass is 392 g/mol. The number of hydrogen-bond acceptors (Lipinski definition) is 4. The maximum absolute atomic E-state index is 12.3. The normalized spacial score (nSPS) is 13.5. The van der Waals surface area contributed by atoms with Crippen molar-refractivity contribution in [1.29, 1.82) is 0 Å². The smallest absolute Gasteiger partial charge is 0.230 e. The largest absolute Gasteiger partial charge is 0.351 e. The second kappa shape index (κ2) is 8.61. The number of nitrogens with one attached hydrogen (secondary N) is 1. The van der Waals surface area contributed by atoms with Crippen molar-refractivity contribution >= 4 is 17.7 Å². The second-order valence-electron chi connectivity index (χ2n) is 7.24. The molecule has 0 unspecified atom stereocenters. The van der Waals surface area contributed by atoms with E-state index in [0.717, 1.165) is 23.1 Å². The van der Waals surface area contributed by atoms with E-state index in [-0.39, 0.29) is 5.91 Å². The summed E-state index contributed by atoms with van der Waals surface area (Å²) in [6.07, 6.45) is 2.35. The first-order valence-electron chi connectivity index (χ1n) is 9.61. The Kier molecular flexibility index (Phi) is 5.76. The summed E-state index contributed by atoms with van der Waals surface area (Å²) in [5.41, 5.74) is 3.54. The Labute approximate surface area is 169 Å². The molecule has 28 heavy (non-hydrogen) atoms. The van der Waals surface area contributed by atoms with Crippen LogP contribution in [0.15, 0.2) is 59.8 Å². The molecule has 4 rings (SSSR count). The Balaban J connectivity index is 1.37. The molecular weight excluding hydrogens is 368 g/mol. The van der Waals surface area contributed by atoms with Gasteiger partial charge in [-0.3, -0.25) is 4.79 Å². The highest BCUT2D eigenvalue weighted by molar-refractivity contribution is 7.99. The number of carbonyl (C=O) groups is 1. The maximum Gasteiger partial charge on any atom is 0.230 e. The molecule has 1 amide bonds. The van der Waals surface area contributed by atoms with Crippen molar-refractivity contribution < 1.29 is 4.79 Å². The Morgan fingerprint density at radius 1 is 1.07 bits per heavy atom. The van der Waals surface area contributed by atoms with Crippen LogP contribution in [0.2, 0.25) is 0 Å².